The zero-order chi connectivity index (χ0) is 21.4. The van der Waals surface area contributed by atoms with E-state index in [1.807, 2.05) is 66.7 Å². The minimum atomic E-state index is -0.241. The molecule has 1 aliphatic rings. The molecule has 0 atom stereocenters. The maximum Gasteiger partial charge on any atom is 0.266 e. The number of fused-ring (bicyclic) bond motifs is 7. The number of hydrogen-bond acceptors (Lipinski definition) is 4. The molecular weight excluding hydrogens is 400 g/mol. The van der Waals surface area contributed by atoms with E-state index in [1.54, 1.807) is 18.2 Å². The number of para-hydroxylation sites is 2. The van der Waals surface area contributed by atoms with Crippen LogP contribution in [0.5, 0.6) is 0 Å². The maximum atomic E-state index is 13.2. The predicted octanol–water partition coefficient (Wildman–Crippen LogP) is 5.50. The second kappa shape index (κ2) is 6.02. The lowest BCUT2D eigenvalue weighted by molar-refractivity contribution is 0.103. The number of rotatable bonds is 1. The summed E-state index contributed by atoms with van der Waals surface area (Å²) in [7, 11) is 0. The number of furan rings is 1. The van der Waals surface area contributed by atoms with Crippen LogP contribution in [0, 0.1) is 0 Å². The van der Waals surface area contributed by atoms with Gasteiger partial charge in [0.15, 0.2) is 5.82 Å². The summed E-state index contributed by atoms with van der Waals surface area (Å²) in [5, 5.41) is 2.62. The van der Waals surface area contributed by atoms with Crippen molar-refractivity contribution in [3.63, 3.8) is 0 Å². The molecule has 150 valence electrons. The van der Waals surface area contributed by atoms with E-state index in [0.717, 1.165) is 33.1 Å². The van der Waals surface area contributed by atoms with E-state index in [4.69, 9.17) is 4.42 Å². The molecule has 3 heterocycles. The number of ketones is 1. The quantitative estimate of drug-likeness (QED) is 0.356. The molecule has 32 heavy (non-hydrogen) atoms. The monoisotopic (exact) mass is 414 g/mol. The normalized spacial score (nSPS) is 12.6. The van der Waals surface area contributed by atoms with Gasteiger partial charge in [0, 0.05) is 10.8 Å². The summed E-state index contributed by atoms with van der Waals surface area (Å²) in [6, 6.07) is 26.7. The van der Waals surface area contributed by atoms with Crippen LogP contribution in [-0.2, 0) is 0 Å². The first-order chi connectivity index (χ1) is 15.7. The van der Waals surface area contributed by atoms with Crippen LogP contribution in [0.1, 0.15) is 16.2 Å². The van der Waals surface area contributed by atoms with E-state index in [2.05, 4.69) is 4.98 Å². The van der Waals surface area contributed by atoms with E-state index in [1.165, 1.54) is 4.57 Å². The smallest absolute Gasteiger partial charge is 0.266 e. The van der Waals surface area contributed by atoms with Crippen molar-refractivity contribution in [2.45, 2.75) is 0 Å². The number of aromatic nitrogens is 2. The number of carbonyl (C=O) groups excluding carboxylic acids is 1. The molecule has 2 aromatic heterocycles. The lowest BCUT2D eigenvalue weighted by atomic mass is 10.00. The highest BCUT2D eigenvalue weighted by molar-refractivity contribution is 6.14. The summed E-state index contributed by atoms with van der Waals surface area (Å²) >= 11 is 0. The average molecular weight is 414 g/mol. The van der Waals surface area contributed by atoms with Gasteiger partial charge in [-0.25, -0.2) is 4.98 Å². The Labute approximate surface area is 181 Å². The number of nitrogens with zero attached hydrogens (tertiary/aromatic N) is 2. The number of benzene rings is 4. The molecule has 0 spiro atoms. The molecule has 0 unspecified atom stereocenters. The summed E-state index contributed by atoms with van der Waals surface area (Å²) in [5.74, 6) is -0.0805. The summed E-state index contributed by atoms with van der Waals surface area (Å²) < 4.78 is 7.44. The maximum absolute atomic E-state index is 13.2. The Hall–Kier alpha value is -4.51. The van der Waals surface area contributed by atoms with Crippen LogP contribution in [-0.4, -0.2) is 15.3 Å². The van der Waals surface area contributed by atoms with Crippen molar-refractivity contribution in [3.05, 3.63) is 107 Å². The Bertz CT molecular complexity index is 1820. The lowest BCUT2D eigenvalue weighted by Gasteiger charge is -2.07. The van der Waals surface area contributed by atoms with Gasteiger partial charge >= 0.3 is 0 Å². The zero-order valence-corrected chi connectivity index (χ0v) is 16.7. The molecule has 6 aromatic rings. The molecule has 0 aliphatic carbocycles. The van der Waals surface area contributed by atoms with Crippen LogP contribution in [0.3, 0.4) is 0 Å². The molecular formula is C27H14N2O3. The van der Waals surface area contributed by atoms with Gasteiger partial charge in [-0.2, -0.15) is 0 Å². The van der Waals surface area contributed by atoms with Gasteiger partial charge in [-0.05, 0) is 53.6 Å². The molecule has 1 aliphatic heterocycles. The van der Waals surface area contributed by atoms with Crippen molar-refractivity contribution in [2.24, 2.45) is 0 Å². The molecule has 0 saturated heterocycles. The van der Waals surface area contributed by atoms with E-state index >= 15 is 0 Å². The highest BCUT2D eigenvalue weighted by Gasteiger charge is 2.30. The van der Waals surface area contributed by atoms with Crippen molar-refractivity contribution in [2.75, 3.05) is 0 Å². The minimum absolute atomic E-state index is 0.161. The molecule has 0 amide bonds. The van der Waals surface area contributed by atoms with Gasteiger partial charge in [-0.15, -0.1) is 0 Å². The van der Waals surface area contributed by atoms with Gasteiger partial charge in [-0.3, -0.25) is 14.2 Å². The first-order valence-electron chi connectivity index (χ1n) is 10.3. The molecule has 0 bridgehead atoms. The van der Waals surface area contributed by atoms with Crippen LogP contribution in [0.25, 0.3) is 49.7 Å². The number of hydrogen-bond donors (Lipinski definition) is 0. The Morgan fingerprint density at radius 3 is 2.31 bits per heavy atom. The van der Waals surface area contributed by atoms with Crippen molar-refractivity contribution in [3.8, 4) is 16.8 Å². The topological polar surface area (TPSA) is 65.1 Å². The third-order valence-corrected chi connectivity index (χ3v) is 6.17. The SMILES string of the molecule is O=C1c2cc(-c3ccc4c(c3)oc3ccccc34)ccc2-n2c1nc1ccccc1c2=O. The average Bonchev–Trinajstić information content (AvgIpc) is 3.34. The first-order valence-corrected chi connectivity index (χ1v) is 10.3. The second-order valence-electron chi connectivity index (χ2n) is 7.96. The van der Waals surface area contributed by atoms with Crippen molar-refractivity contribution >= 4 is 38.6 Å². The summed E-state index contributed by atoms with van der Waals surface area (Å²) in [6.45, 7) is 0. The van der Waals surface area contributed by atoms with Gasteiger partial charge in [0.05, 0.1) is 22.2 Å². The van der Waals surface area contributed by atoms with Crippen LogP contribution < -0.4 is 5.56 Å². The zero-order valence-electron chi connectivity index (χ0n) is 16.7. The highest BCUT2D eigenvalue weighted by Crippen LogP contribution is 2.34. The van der Waals surface area contributed by atoms with E-state index in [9.17, 15) is 9.59 Å². The lowest BCUT2D eigenvalue weighted by Crippen LogP contribution is -2.21. The predicted molar refractivity (Wildman–Crippen MR) is 123 cm³/mol. The van der Waals surface area contributed by atoms with Crippen LogP contribution in [0.4, 0.5) is 0 Å². The van der Waals surface area contributed by atoms with Gasteiger partial charge < -0.3 is 4.42 Å². The fourth-order valence-electron chi connectivity index (χ4n) is 4.63. The van der Waals surface area contributed by atoms with Gasteiger partial charge in [0.25, 0.3) is 5.56 Å². The van der Waals surface area contributed by atoms with Crippen LogP contribution in [0.2, 0.25) is 0 Å². The molecule has 7 rings (SSSR count). The first kappa shape index (κ1) is 17.2. The largest absolute Gasteiger partial charge is 0.456 e. The fourth-order valence-corrected chi connectivity index (χ4v) is 4.63. The van der Waals surface area contributed by atoms with Crippen LogP contribution >= 0.6 is 0 Å². The Morgan fingerprint density at radius 2 is 1.41 bits per heavy atom. The fraction of sp³-hybridized carbons (Fsp3) is 0. The van der Waals surface area contributed by atoms with Gasteiger partial charge in [0.1, 0.15) is 11.2 Å². The minimum Gasteiger partial charge on any atom is -0.456 e. The van der Waals surface area contributed by atoms with E-state index in [-0.39, 0.29) is 17.2 Å². The highest BCUT2D eigenvalue weighted by atomic mass is 16.3. The molecule has 5 nitrogen and oxygen atoms in total. The van der Waals surface area contributed by atoms with Gasteiger partial charge in [0.2, 0.25) is 5.78 Å². The third-order valence-electron chi connectivity index (χ3n) is 6.17. The van der Waals surface area contributed by atoms with Crippen LogP contribution in [0.15, 0.2) is 94.1 Å². The summed E-state index contributed by atoms with van der Waals surface area (Å²) in [4.78, 5) is 30.7. The Kier molecular flexibility index (Phi) is 3.23. The summed E-state index contributed by atoms with van der Waals surface area (Å²) in [5.41, 5.74) is 4.81. The Balaban J connectivity index is 1.41. The van der Waals surface area contributed by atoms with E-state index < -0.39 is 0 Å². The molecule has 5 heteroatoms. The molecule has 0 fully saturated rings. The van der Waals surface area contributed by atoms with Crippen molar-refractivity contribution in [1.29, 1.82) is 0 Å². The molecule has 0 saturated carbocycles. The molecule has 0 radical (unpaired) electrons. The third kappa shape index (κ3) is 2.19. The molecule has 4 aromatic carbocycles. The Morgan fingerprint density at radius 1 is 0.688 bits per heavy atom. The van der Waals surface area contributed by atoms with Crippen molar-refractivity contribution in [1.82, 2.24) is 9.55 Å². The number of carbonyl (C=O) groups is 1. The standard InChI is InChI=1S/C27H14N2O3/c30-25-20-13-15(16-9-11-18-17-5-2-4-8-23(17)32-24(18)14-16)10-12-22(20)29-26(25)28-21-7-3-1-6-19(21)27(29)31/h1-14H. The van der Waals surface area contributed by atoms with E-state index in [0.29, 0.717) is 22.2 Å². The second-order valence-corrected chi connectivity index (χ2v) is 7.96. The van der Waals surface area contributed by atoms with Crippen molar-refractivity contribution < 1.29 is 9.21 Å². The van der Waals surface area contributed by atoms with Gasteiger partial charge in [-0.1, -0.05) is 42.5 Å². The summed E-state index contributed by atoms with van der Waals surface area (Å²) in [6.07, 6.45) is 0. The molecule has 0 N–H and O–H groups in total.